The molecule has 3 rings (SSSR count). The fourth-order valence-electron chi connectivity index (χ4n) is 2.48. The first-order valence-corrected chi connectivity index (χ1v) is 9.66. The zero-order chi connectivity index (χ0) is 20.3. The molecule has 0 radical (unpaired) electrons. The van der Waals surface area contributed by atoms with Gasteiger partial charge in [0.25, 0.3) is 5.91 Å². The molecule has 0 unspecified atom stereocenters. The Kier molecular flexibility index (Phi) is 6.25. The Morgan fingerprint density at radius 1 is 1.18 bits per heavy atom. The van der Waals surface area contributed by atoms with Crippen molar-refractivity contribution in [2.24, 2.45) is 0 Å². The zero-order valence-corrected chi connectivity index (χ0v) is 17.2. The van der Waals surface area contributed by atoms with Gasteiger partial charge < -0.3 is 9.47 Å². The molecule has 9 heteroatoms. The average Bonchev–Trinajstić information content (AvgIpc) is 3.02. The highest BCUT2D eigenvalue weighted by Crippen LogP contribution is 2.32. The lowest BCUT2D eigenvalue weighted by molar-refractivity contribution is -0.0498. The highest BCUT2D eigenvalue weighted by molar-refractivity contribution is 9.10. The summed E-state index contributed by atoms with van der Waals surface area (Å²) < 4.78 is 34.7. The van der Waals surface area contributed by atoms with Crippen LogP contribution in [0.5, 0.6) is 11.5 Å². The van der Waals surface area contributed by atoms with Crippen molar-refractivity contribution >= 4 is 38.3 Å². The van der Waals surface area contributed by atoms with E-state index < -0.39 is 6.61 Å². The Labute approximate surface area is 172 Å². The molecule has 3 aromatic rings. The Morgan fingerprint density at radius 3 is 2.50 bits per heavy atom. The first kappa shape index (κ1) is 20.2. The Hall–Kier alpha value is -2.52. The summed E-state index contributed by atoms with van der Waals surface area (Å²) in [5, 5.41) is 3.21. The zero-order valence-electron chi connectivity index (χ0n) is 14.8. The van der Waals surface area contributed by atoms with Crippen molar-refractivity contribution in [1.82, 2.24) is 4.98 Å². The number of nitrogens with zero attached hydrogens (tertiary/aromatic N) is 1. The molecule has 28 heavy (non-hydrogen) atoms. The van der Waals surface area contributed by atoms with Gasteiger partial charge in [-0.25, -0.2) is 4.98 Å². The van der Waals surface area contributed by atoms with E-state index in [1.807, 2.05) is 6.92 Å². The summed E-state index contributed by atoms with van der Waals surface area (Å²) >= 11 is 4.68. The van der Waals surface area contributed by atoms with E-state index in [2.05, 4.69) is 31.0 Å². The molecule has 0 atom stereocenters. The van der Waals surface area contributed by atoms with Crippen LogP contribution in [-0.4, -0.2) is 24.6 Å². The molecule has 146 valence electrons. The smallest absolute Gasteiger partial charge is 0.387 e. The van der Waals surface area contributed by atoms with Gasteiger partial charge in [0.05, 0.1) is 18.4 Å². The maximum absolute atomic E-state index is 12.6. The van der Waals surface area contributed by atoms with Gasteiger partial charge in [0.2, 0.25) is 0 Å². The van der Waals surface area contributed by atoms with E-state index >= 15 is 0 Å². The van der Waals surface area contributed by atoms with Crippen LogP contribution in [0.4, 0.5) is 13.9 Å². The van der Waals surface area contributed by atoms with E-state index in [0.29, 0.717) is 26.6 Å². The molecule has 1 aromatic heterocycles. The minimum Gasteiger partial charge on any atom is -0.497 e. The third-order valence-electron chi connectivity index (χ3n) is 3.79. The Balaban J connectivity index is 1.80. The van der Waals surface area contributed by atoms with Gasteiger partial charge in [0.15, 0.2) is 5.13 Å². The number of anilines is 1. The molecule has 1 heterocycles. The molecule has 0 aliphatic rings. The number of hydrogen-bond donors (Lipinski definition) is 1. The average molecular weight is 469 g/mol. The molecule has 0 aliphatic carbocycles. The third-order valence-corrected chi connectivity index (χ3v) is 5.37. The number of alkyl halides is 2. The number of nitrogens with one attached hydrogen (secondary N) is 1. The van der Waals surface area contributed by atoms with Crippen LogP contribution in [0.3, 0.4) is 0 Å². The predicted molar refractivity (Wildman–Crippen MR) is 108 cm³/mol. The number of halogens is 3. The Morgan fingerprint density at radius 2 is 1.86 bits per heavy atom. The van der Waals surface area contributed by atoms with Gasteiger partial charge in [-0.15, -0.1) is 11.3 Å². The first-order valence-electron chi connectivity index (χ1n) is 8.05. The summed E-state index contributed by atoms with van der Waals surface area (Å²) in [6.45, 7) is -1.00. The second-order valence-corrected chi connectivity index (χ2v) is 7.68. The van der Waals surface area contributed by atoms with Crippen molar-refractivity contribution in [3.05, 3.63) is 57.4 Å². The number of amides is 1. The molecule has 1 N–H and O–H groups in total. The standard InChI is InChI=1S/C19H15BrF2N2O3S/c1-10-16(11-3-5-12(6-4-11)27-18(21)22)23-19(28-10)24-17(25)14-9-13(26-2)7-8-15(14)20/h3-9,18H,1-2H3,(H,23,24,25). The summed E-state index contributed by atoms with van der Waals surface area (Å²) in [7, 11) is 1.53. The number of thiazole rings is 1. The number of benzene rings is 2. The van der Waals surface area contributed by atoms with Crippen LogP contribution in [0.15, 0.2) is 46.9 Å². The number of ether oxygens (including phenoxy) is 2. The second-order valence-electron chi connectivity index (χ2n) is 5.63. The van der Waals surface area contributed by atoms with E-state index in [1.54, 1.807) is 30.3 Å². The van der Waals surface area contributed by atoms with Crippen LogP contribution in [0.25, 0.3) is 11.3 Å². The second kappa shape index (κ2) is 8.66. The highest BCUT2D eigenvalue weighted by atomic mass is 79.9. The summed E-state index contributed by atoms with van der Waals surface area (Å²) in [4.78, 5) is 17.9. The number of methoxy groups -OCH3 is 1. The van der Waals surface area contributed by atoms with Gasteiger partial charge in [-0.3, -0.25) is 10.1 Å². The van der Waals surface area contributed by atoms with Crippen molar-refractivity contribution in [3.8, 4) is 22.8 Å². The van der Waals surface area contributed by atoms with Crippen molar-refractivity contribution in [3.63, 3.8) is 0 Å². The summed E-state index contributed by atoms with van der Waals surface area (Å²) in [6.07, 6.45) is 0. The van der Waals surface area contributed by atoms with Crippen molar-refractivity contribution < 1.29 is 23.0 Å². The lowest BCUT2D eigenvalue weighted by atomic mass is 10.1. The first-order chi connectivity index (χ1) is 13.4. The molecule has 0 aliphatic heterocycles. The van der Waals surface area contributed by atoms with Crippen molar-refractivity contribution in [2.45, 2.75) is 13.5 Å². The molecule has 2 aromatic carbocycles. The minimum absolute atomic E-state index is 0.0723. The van der Waals surface area contributed by atoms with Crippen molar-refractivity contribution in [2.75, 3.05) is 12.4 Å². The molecule has 0 bridgehead atoms. The summed E-state index contributed by atoms with van der Waals surface area (Å²) in [5.74, 6) is 0.310. The largest absolute Gasteiger partial charge is 0.497 e. The van der Waals surface area contributed by atoms with E-state index in [0.717, 1.165) is 10.4 Å². The van der Waals surface area contributed by atoms with E-state index in [1.165, 1.54) is 30.6 Å². The lowest BCUT2D eigenvalue weighted by Gasteiger charge is -2.07. The lowest BCUT2D eigenvalue weighted by Crippen LogP contribution is -2.12. The van der Waals surface area contributed by atoms with Gasteiger partial charge in [0.1, 0.15) is 11.5 Å². The van der Waals surface area contributed by atoms with Gasteiger partial charge in [-0.2, -0.15) is 8.78 Å². The highest BCUT2D eigenvalue weighted by Gasteiger charge is 2.16. The number of carbonyl (C=O) groups excluding carboxylic acids is 1. The fraction of sp³-hybridized carbons (Fsp3) is 0.158. The van der Waals surface area contributed by atoms with Crippen LogP contribution >= 0.6 is 27.3 Å². The minimum atomic E-state index is -2.87. The van der Waals surface area contributed by atoms with E-state index in [-0.39, 0.29) is 11.7 Å². The molecule has 5 nitrogen and oxygen atoms in total. The summed E-state index contributed by atoms with van der Waals surface area (Å²) in [5.41, 5.74) is 1.81. The molecule has 0 spiro atoms. The number of carbonyl (C=O) groups is 1. The molecular weight excluding hydrogens is 454 g/mol. The van der Waals surface area contributed by atoms with Crippen molar-refractivity contribution in [1.29, 1.82) is 0 Å². The van der Waals surface area contributed by atoms with Gasteiger partial charge in [0, 0.05) is 14.9 Å². The van der Waals surface area contributed by atoms with E-state index in [9.17, 15) is 13.6 Å². The summed E-state index contributed by atoms with van der Waals surface area (Å²) in [6, 6.07) is 11.3. The molecule has 0 fully saturated rings. The Bertz CT molecular complexity index is 993. The monoisotopic (exact) mass is 468 g/mol. The number of rotatable bonds is 6. The van der Waals surface area contributed by atoms with Crippen LogP contribution in [0, 0.1) is 6.92 Å². The van der Waals surface area contributed by atoms with Crippen LogP contribution < -0.4 is 14.8 Å². The van der Waals surface area contributed by atoms with Gasteiger partial charge >= 0.3 is 6.61 Å². The normalized spacial score (nSPS) is 10.8. The number of aromatic nitrogens is 1. The quantitative estimate of drug-likeness (QED) is 0.500. The van der Waals surface area contributed by atoms with Gasteiger partial charge in [-0.05, 0) is 65.3 Å². The molecule has 1 amide bonds. The number of hydrogen-bond acceptors (Lipinski definition) is 5. The van der Waals surface area contributed by atoms with E-state index in [4.69, 9.17) is 4.74 Å². The maximum Gasteiger partial charge on any atom is 0.387 e. The van der Waals surface area contributed by atoms with Crippen LogP contribution in [0.1, 0.15) is 15.2 Å². The fourth-order valence-corrected chi connectivity index (χ4v) is 3.74. The molecule has 0 saturated carbocycles. The predicted octanol–water partition coefficient (Wildman–Crippen LogP) is 5.74. The van der Waals surface area contributed by atoms with Gasteiger partial charge in [-0.1, -0.05) is 0 Å². The number of aryl methyl sites for hydroxylation is 1. The van der Waals surface area contributed by atoms with Crippen LogP contribution in [0.2, 0.25) is 0 Å². The topological polar surface area (TPSA) is 60.5 Å². The van der Waals surface area contributed by atoms with Crippen LogP contribution in [-0.2, 0) is 0 Å². The molecule has 0 saturated heterocycles. The maximum atomic E-state index is 12.6. The third kappa shape index (κ3) is 4.66. The molecular formula is C19H15BrF2N2O3S. The SMILES string of the molecule is COc1ccc(Br)c(C(=O)Nc2nc(-c3ccc(OC(F)F)cc3)c(C)s2)c1.